The molecular formula is C24H31N3O5. The number of carbonyl (C=O) groups is 3. The summed E-state index contributed by atoms with van der Waals surface area (Å²) in [6, 6.07) is 14.6. The van der Waals surface area contributed by atoms with Gasteiger partial charge in [-0.3, -0.25) is 9.59 Å². The first-order valence-corrected chi connectivity index (χ1v) is 10.4. The zero-order valence-electron chi connectivity index (χ0n) is 19.0. The summed E-state index contributed by atoms with van der Waals surface area (Å²) >= 11 is 0. The maximum Gasteiger partial charge on any atom is 0.407 e. The summed E-state index contributed by atoms with van der Waals surface area (Å²) in [5, 5.41) is 8.25. The highest BCUT2D eigenvalue weighted by atomic mass is 16.6. The topological polar surface area (TPSA) is 106 Å². The van der Waals surface area contributed by atoms with Gasteiger partial charge in [0.15, 0.2) is 0 Å². The number of para-hydroxylation sites is 1. The van der Waals surface area contributed by atoms with Gasteiger partial charge in [0.2, 0.25) is 11.8 Å². The Bertz CT molecular complexity index is 937. The molecule has 0 aliphatic rings. The van der Waals surface area contributed by atoms with Crippen LogP contribution in [0.25, 0.3) is 0 Å². The Balaban J connectivity index is 1.83. The maximum atomic E-state index is 12.3. The van der Waals surface area contributed by atoms with Crippen molar-refractivity contribution >= 4 is 23.6 Å². The molecule has 3 amide bonds. The van der Waals surface area contributed by atoms with Crippen LogP contribution in [0.5, 0.6) is 5.75 Å². The second kappa shape index (κ2) is 11.7. The Kier molecular flexibility index (Phi) is 9.07. The standard InChI is InChI=1S/C24H31N3O5/c1-24(2,3)32-23(30)25-13-12-21(28)27-20-11-6-5-9-18(20)16-26-22(29)15-17-8-7-10-19(14-17)31-4/h5-11,14H,12-13,15-16H2,1-4H3,(H,25,30)(H,26,29)(H,27,28). The molecule has 172 valence electrons. The summed E-state index contributed by atoms with van der Waals surface area (Å²) in [5.41, 5.74) is 1.64. The molecule has 0 aliphatic carbocycles. The number of rotatable bonds is 9. The summed E-state index contributed by atoms with van der Waals surface area (Å²) in [6.07, 6.45) is -0.248. The van der Waals surface area contributed by atoms with E-state index in [0.29, 0.717) is 11.4 Å². The van der Waals surface area contributed by atoms with Gasteiger partial charge in [-0.1, -0.05) is 30.3 Å². The van der Waals surface area contributed by atoms with Crippen LogP contribution >= 0.6 is 0 Å². The van der Waals surface area contributed by atoms with Crippen molar-refractivity contribution in [3.8, 4) is 5.75 Å². The minimum absolute atomic E-state index is 0.0930. The lowest BCUT2D eigenvalue weighted by Gasteiger charge is -2.19. The van der Waals surface area contributed by atoms with Gasteiger partial charge in [-0.25, -0.2) is 4.79 Å². The van der Waals surface area contributed by atoms with Crippen molar-refractivity contribution in [2.24, 2.45) is 0 Å². The quantitative estimate of drug-likeness (QED) is 0.553. The monoisotopic (exact) mass is 441 g/mol. The van der Waals surface area contributed by atoms with Gasteiger partial charge >= 0.3 is 6.09 Å². The van der Waals surface area contributed by atoms with Gasteiger partial charge in [-0.15, -0.1) is 0 Å². The maximum absolute atomic E-state index is 12.3. The van der Waals surface area contributed by atoms with Gasteiger partial charge in [-0.2, -0.15) is 0 Å². The van der Waals surface area contributed by atoms with Gasteiger partial charge in [0.1, 0.15) is 11.4 Å². The molecule has 2 rings (SSSR count). The van der Waals surface area contributed by atoms with E-state index in [0.717, 1.165) is 11.1 Å². The van der Waals surface area contributed by atoms with Crippen LogP contribution < -0.4 is 20.7 Å². The number of methoxy groups -OCH3 is 1. The Morgan fingerprint density at radius 2 is 1.69 bits per heavy atom. The highest BCUT2D eigenvalue weighted by molar-refractivity contribution is 5.92. The molecule has 0 atom stereocenters. The molecule has 0 saturated carbocycles. The van der Waals surface area contributed by atoms with Crippen LogP contribution in [0, 0.1) is 0 Å². The number of carbonyl (C=O) groups excluding carboxylic acids is 3. The normalized spacial score (nSPS) is 10.8. The fraction of sp³-hybridized carbons (Fsp3) is 0.375. The largest absolute Gasteiger partial charge is 0.497 e. The Labute approximate surface area is 188 Å². The van der Waals surface area contributed by atoms with Crippen molar-refractivity contribution < 1.29 is 23.9 Å². The predicted octanol–water partition coefficient (Wildman–Crippen LogP) is 3.41. The summed E-state index contributed by atoms with van der Waals surface area (Å²) in [5.74, 6) is 0.307. The molecule has 0 unspecified atom stereocenters. The molecule has 0 radical (unpaired) electrons. The van der Waals surface area contributed by atoms with Crippen molar-refractivity contribution in [3.05, 3.63) is 59.7 Å². The van der Waals surface area contributed by atoms with E-state index in [-0.39, 0.29) is 37.7 Å². The van der Waals surface area contributed by atoms with Crippen LogP contribution in [-0.2, 0) is 27.3 Å². The van der Waals surface area contributed by atoms with Crippen molar-refractivity contribution in [1.82, 2.24) is 10.6 Å². The molecule has 2 aromatic carbocycles. The number of hydrogen-bond acceptors (Lipinski definition) is 5. The second-order valence-corrected chi connectivity index (χ2v) is 8.19. The SMILES string of the molecule is COc1cccc(CC(=O)NCc2ccccc2NC(=O)CCNC(=O)OC(C)(C)C)c1. The highest BCUT2D eigenvalue weighted by Gasteiger charge is 2.16. The molecule has 8 nitrogen and oxygen atoms in total. The van der Waals surface area contributed by atoms with Gasteiger partial charge in [0.25, 0.3) is 0 Å². The fourth-order valence-electron chi connectivity index (χ4n) is 2.83. The van der Waals surface area contributed by atoms with Crippen molar-refractivity contribution in [3.63, 3.8) is 0 Å². The van der Waals surface area contributed by atoms with Crippen molar-refractivity contribution in [1.29, 1.82) is 0 Å². The first kappa shape index (κ1) is 24.7. The zero-order valence-corrected chi connectivity index (χ0v) is 19.0. The van der Waals surface area contributed by atoms with Gasteiger partial charge in [0, 0.05) is 25.2 Å². The molecular weight excluding hydrogens is 410 g/mol. The molecule has 32 heavy (non-hydrogen) atoms. The van der Waals surface area contributed by atoms with Crippen molar-refractivity contribution in [2.75, 3.05) is 19.0 Å². The number of hydrogen-bond donors (Lipinski definition) is 3. The third-order valence-corrected chi connectivity index (χ3v) is 4.29. The summed E-state index contributed by atoms with van der Waals surface area (Å²) < 4.78 is 10.3. The number of anilines is 1. The van der Waals surface area contributed by atoms with E-state index < -0.39 is 11.7 Å². The zero-order chi connectivity index (χ0) is 23.6. The van der Waals surface area contributed by atoms with E-state index in [1.807, 2.05) is 36.4 Å². The van der Waals surface area contributed by atoms with Gasteiger partial charge in [0.05, 0.1) is 13.5 Å². The average molecular weight is 442 g/mol. The molecule has 0 aromatic heterocycles. The second-order valence-electron chi connectivity index (χ2n) is 8.19. The lowest BCUT2D eigenvalue weighted by molar-refractivity contribution is -0.120. The van der Waals surface area contributed by atoms with Crippen LogP contribution in [0.1, 0.15) is 38.3 Å². The van der Waals surface area contributed by atoms with Crippen LogP contribution in [0.2, 0.25) is 0 Å². The Hall–Kier alpha value is -3.55. The van der Waals surface area contributed by atoms with Crippen LogP contribution in [0.4, 0.5) is 10.5 Å². The van der Waals surface area contributed by atoms with Gasteiger partial charge in [-0.05, 0) is 50.1 Å². The number of alkyl carbamates (subject to hydrolysis) is 1. The third-order valence-electron chi connectivity index (χ3n) is 4.29. The minimum atomic E-state index is -0.595. The van der Waals surface area contributed by atoms with E-state index in [1.165, 1.54) is 0 Å². The van der Waals surface area contributed by atoms with E-state index in [2.05, 4.69) is 16.0 Å². The number of ether oxygens (including phenoxy) is 2. The summed E-state index contributed by atoms with van der Waals surface area (Å²) in [4.78, 5) is 36.3. The molecule has 2 aromatic rings. The van der Waals surface area contributed by atoms with Crippen LogP contribution in [0.15, 0.2) is 48.5 Å². The Morgan fingerprint density at radius 3 is 2.41 bits per heavy atom. The van der Waals surface area contributed by atoms with E-state index in [4.69, 9.17) is 9.47 Å². The number of amides is 3. The Morgan fingerprint density at radius 1 is 0.938 bits per heavy atom. The average Bonchev–Trinajstić information content (AvgIpc) is 2.72. The summed E-state index contributed by atoms with van der Waals surface area (Å²) in [7, 11) is 1.58. The first-order chi connectivity index (χ1) is 15.2. The molecule has 0 fully saturated rings. The lowest BCUT2D eigenvalue weighted by atomic mass is 10.1. The number of nitrogens with one attached hydrogen (secondary N) is 3. The smallest absolute Gasteiger partial charge is 0.407 e. The van der Waals surface area contributed by atoms with Crippen LogP contribution in [-0.4, -0.2) is 37.2 Å². The predicted molar refractivity (Wildman–Crippen MR) is 122 cm³/mol. The fourth-order valence-corrected chi connectivity index (χ4v) is 2.83. The molecule has 3 N–H and O–H groups in total. The summed E-state index contributed by atoms with van der Waals surface area (Å²) in [6.45, 7) is 5.73. The minimum Gasteiger partial charge on any atom is -0.497 e. The lowest BCUT2D eigenvalue weighted by Crippen LogP contribution is -2.34. The van der Waals surface area contributed by atoms with Crippen LogP contribution in [0.3, 0.4) is 0 Å². The number of benzene rings is 2. The molecule has 0 spiro atoms. The molecule has 0 saturated heterocycles. The van der Waals surface area contributed by atoms with E-state index in [1.54, 1.807) is 40.0 Å². The van der Waals surface area contributed by atoms with E-state index in [9.17, 15) is 14.4 Å². The van der Waals surface area contributed by atoms with E-state index >= 15 is 0 Å². The van der Waals surface area contributed by atoms with Gasteiger partial charge < -0.3 is 25.4 Å². The third kappa shape index (κ3) is 9.07. The molecule has 0 heterocycles. The van der Waals surface area contributed by atoms with Crippen molar-refractivity contribution in [2.45, 2.75) is 45.8 Å². The first-order valence-electron chi connectivity index (χ1n) is 10.4. The molecule has 0 aliphatic heterocycles. The highest BCUT2D eigenvalue weighted by Crippen LogP contribution is 2.16. The molecule has 0 bridgehead atoms. The molecule has 8 heteroatoms.